The first-order chi connectivity index (χ1) is 16.6. The number of benzene rings is 3. The van der Waals surface area contributed by atoms with Crippen molar-refractivity contribution in [1.82, 2.24) is 9.55 Å². The second-order valence-electron chi connectivity index (χ2n) is 8.15. The van der Waals surface area contributed by atoms with Crippen LogP contribution >= 0.6 is 0 Å². The van der Waals surface area contributed by atoms with Crippen LogP contribution in [0.4, 0.5) is 5.95 Å². The fourth-order valence-corrected chi connectivity index (χ4v) is 4.50. The summed E-state index contributed by atoms with van der Waals surface area (Å²) < 4.78 is 13.0. The van der Waals surface area contributed by atoms with Crippen molar-refractivity contribution in [3.05, 3.63) is 95.1 Å². The van der Waals surface area contributed by atoms with Crippen LogP contribution in [0.3, 0.4) is 0 Å². The maximum atomic E-state index is 13.5. The normalized spacial score (nSPS) is 15.1. The number of para-hydroxylation sites is 2. The van der Waals surface area contributed by atoms with Gasteiger partial charge in [-0.25, -0.2) is 9.78 Å². The molecule has 1 N–H and O–H groups in total. The molecule has 34 heavy (non-hydrogen) atoms. The van der Waals surface area contributed by atoms with Gasteiger partial charge >= 0.3 is 5.97 Å². The number of rotatable bonds is 6. The van der Waals surface area contributed by atoms with Crippen molar-refractivity contribution in [2.24, 2.45) is 0 Å². The van der Waals surface area contributed by atoms with Crippen LogP contribution in [-0.2, 0) is 16.0 Å². The third-order valence-electron chi connectivity index (χ3n) is 6.21. The third-order valence-corrected chi connectivity index (χ3v) is 6.21. The third kappa shape index (κ3) is 3.71. The fourth-order valence-electron chi connectivity index (χ4n) is 4.50. The number of esters is 1. The van der Waals surface area contributed by atoms with Crippen molar-refractivity contribution in [2.45, 2.75) is 26.3 Å². The van der Waals surface area contributed by atoms with E-state index in [9.17, 15) is 4.79 Å². The van der Waals surface area contributed by atoms with Crippen molar-refractivity contribution in [2.75, 3.05) is 19.0 Å². The smallest absolute Gasteiger partial charge is 0.338 e. The Hall–Kier alpha value is -4.06. The van der Waals surface area contributed by atoms with Crippen molar-refractivity contribution >= 4 is 28.6 Å². The Morgan fingerprint density at radius 3 is 2.41 bits per heavy atom. The summed E-state index contributed by atoms with van der Waals surface area (Å²) in [6.07, 6.45) is 0.948. The molecule has 0 bridgehead atoms. The van der Waals surface area contributed by atoms with Crippen LogP contribution in [0.25, 0.3) is 16.7 Å². The molecule has 1 atom stereocenters. The van der Waals surface area contributed by atoms with E-state index in [0.717, 1.165) is 34.3 Å². The number of hydrogen-bond donors (Lipinski definition) is 1. The summed E-state index contributed by atoms with van der Waals surface area (Å²) in [5, 5.41) is 3.44. The number of methoxy groups -OCH3 is 1. The van der Waals surface area contributed by atoms with E-state index in [1.165, 1.54) is 5.56 Å². The first-order valence-corrected chi connectivity index (χ1v) is 11.5. The highest BCUT2D eigenvalue weighted by atomic mass is 16.5. The second-order valence-corrected chi connectivity index (χ2v) is 8.15. The molecule has 0 saturated carbocycles. The van der Waals surface area contributed by atoms with Crippen molar-refractivity contribution in [3.63, 3.8) is 0 Å². The molecule has 0 spiro atoms. The average Bonchev–Trinajstić information content (AvgIpc) is 3.26. The van der Waals surface area contributed by atoms with Crippen LogP contribution in [0.5, 0.6) is 5.75 Å². The molecule has 0 unspecified atom stereocenters. The fraction of sp³-hybridized carbons (Fsp3) is 0.214. The summed E-state index contributed by atoms with van der Waals surface area (Å²) in [6, 6.07) is 23.6. The van der Waals surface area contributed by atoms with Gasteiger partial charge in [0.1, 0.15) is 5.75 Å². The number of aryl methyl sites for hydroxylation is 1. The minimum atomic E-state index is -0.397. The van der Waals surface area contributed by atoms with E-state index in [1.54, 1.807) is 7.11 Å². The standard InChI is InChI=1S/C28H27N3O3/c1-4-18-10-12-20(13-11-18)26-24(27(32)34-5-2)25(19-14-16-21(33-3)17-15-19)30-28-29-22-8-6-7-9-23(22)31(26)28/h6-17,26H,4-5H2,1-3H3,(H,29,30)/t26-/m0/s1. The molecule has 0 aliphatic carbocycles. The predicted molar refractivity (Wildman–Crippen MR) is 134 cm³/mol. The maximum Gasteiger partial charge on any atom is 0.338 e. The zero-order valence-electron chi connectivity index (χ0n) is 19.5. The van der Waals surface area contributed by atoms with Crippen LogP contribution in [0.2, 0.25) is 0 Å². The van der Waals surface area contributed by atoms with Gasteiger partial charge in [-0.2, -0.15) is 0 Å². The van der Waals surface area contributed by atoms with Crippen molar-refractivity contribution in [3.8, 4) is 5.75 Å². The van der Waals surface area contributed by atoms with Gasteiger partial charge in [0, 0.05) is 0 Å². The largest absolute Gasteiger partial charge is 0.497 e. The summed E-state index contributed by atoms with van der Waals surface area (Å²) in [6.45, 7) is 4.24. The second kappa shape index (κ2) is 9.06. The summed E-state index contributed by atoms with van der Waals surface area (Å²) in [5.41, 5.74) is 6.14. The molecule has 0 fully saturated rings. The lowest BCUT2D eigenvalue weighted by Gasteiger charge is -2.31. The lowest BCUT2D eigenvalue weighted by atomic mass is 9.91. The van der Waals surface area contributed by atoms with Crippen LogP contribution < -0.4 is 10.1 Å². The van der Waals surface area contributed by atoms with Gasteiger partial charge in [-0.05, 0) is 66.4 Å². The van der Waals surface area contributed by atoms with Crippen LogP contribution in [0.1, 0.15) is 36.6 Å². The van der Waals surface area contributed by atoms with Crippen LogP contribution in [0, 0.1) is 0 Å². The number of aromatic nitrogens is 2. The number of hydrogen-bond acceptors (Lipinski definition) is 5. The lowest BCUT2D eigenvalue weighted by molar-refractivity contribution is -0.138. The monoisotopic (exact) mass is 453 g/mol. The van der Waals surface area contributed by atoms with E-state index in [-0.39, 0.29) is 12.6 Å². The molecule has 1 aromatic heterocycles. The van der Waals surface area contributed by atoms with Gasteiger partial charge in [0.25, 0.3) is 0 Å². The highest BCUT2D eigenvalue weighted by molar-refractivity contribution is 6.03. The summed E-state index contributed by atoms with van der Waals surface area (Å²) in [7, 11) is 1.63. The van der Waals surface area contributed by atoms with E-state index in [0.29, 0.717) is 17.2 Å². The zero-order chi connectivity index (χ0) is 23.7. The number of imidazole rings is 1. The van der Waals surface area contributed by atoms with E-state index < -0.39 is 6.04 Å². The SMILES string of the molecule is CCOC(=O)C1=C(c2ccc(OC)cc2)Nc2nc3ccccc3n2[C@H]1c1ccc(CC)cc1. The molecule has 5 rings (SSSR count). The van der Waals surface area contributed by atoms with Gasteiger partial charge in [-0.1, -0.05) is 43.3 Å². The van der Waals surface area contributed by atoms with E-state index in [1.807, 2.05) is 55.5 Å². The molecule has 0 amide bonds. The van der Waals surface area contributed by atoms with Crippen LogP contribution in [-0.4, -0.2) is 29.2 Å². The minimum absolute atomic E-state index is 0.289. The highest BCUT2D eigenvalue weighted by Crippen LogP contribution is 2.42. The molecule has 1 aliphatic rings. The quantitative estimate of drug-likeness (QED) is 0.385. The first kappa shape index (κ1) is 21.8. The number of nitrogens with one attached hydrogen (secondary N) is 1. The van der Waals surface area contributed by atoms with E-state index >= 15 is 0 Å². The van der Waals surface area contributed by atoms with Gasteiger partial charge in [-0.15, -0.1) is 0 Å². The molecule has 4 aromatic rings. The maximum absolute atomic E-state index is 13.5. The Kier molecular flexibility index (Phi) is 5.80. The number of ether oxygens (including phenoxy) is 2. The van der Waals surface area contributed by atoms with Crippen molar-refractivity contribution in [1.29, 1.82) is 0 Å². The van der Waals surface area contributed by atoms with Gasteiger partial charge in [0.2, 0.25) is 5.95 Å². The molecular formula is C28H27N3O3. The molecule has 1 aliphatic heterocycles. The Morgan fingerprint density at radius 1 is 1.00 bits per heavy atom. The molecule has 6 heteroatoms. The molecule has 6 nitrogen and oxygen atoms in total. The number of carbonyl (C=O) groups excluding carboxylic acids is 1. The van der Waals surface area contributed by atoms with Crippen molar-refractivity contribution < 1.29 is 14.3 Å². The molecule has 2 heterocycles. The van der Waals surface area contributed by atoms with Gasteiger partial charge in [0.05, 0.1) is 42.1 Å². The Labute approximate surface area is 198 Å². The van der Waals surface area contributed by atoms with E-state index in [4.69, 9.17) is 14.5 Å². The minimum Gasteiger partial charge on any atom is -0.497 e. The van der Waals surface area contributed by atoms with E-state index in [2.05, 4.69) is 41.1 Å². The highest BCUT2D eigenvalue weighted by Gasteiger charge is 2.36. The number of anilines is 1. The Morgan fingerprint density at radius 2 is 1.74 bits per heavy atom. The molecule has 0 radical (unpaired) electrons. The lowest BCUT2D eigenvalue weighted by Crippen LogP contribution is -2.29. The molecule has 0 saturated heterocycles. The van der Waals surface area contributed by atoms with Crippen LogP contribution in [0.15, 0.2) is 78.4 Å². The average molecular weight is 454 g/mol. The van der Waals surface area contributed by atoms with Gasteiger partial charge in [0.15, 0.2) is 0 Å². The molecular weight excluding hydrogens is 426 g/mol. The number of carbonyl (C=O) groups is 1. The topological polar surface area (TPSA) is 65.4 Å². The van der Waals surface area contributed by atoms with Gasteiger partial charge < -0.3 is 14.8 Å². The number of fused-ring (bicyclic) bond motifs is 3. The molecule has 3 aromatic carbocycles. The van der Waals surface area contributed by atoms with Gasteiger partial charge in [-0.3, -0.25) is 4.57 Å². The summed E-state index contributed by atoms with van der Waals surface area (Å²) in [5.74, 6) is 1.08. The summed E-state index contributed by atoms with van der Waals surface area (Å²) in [4.78, 5) is 18.4. The Bertz CT molecular complexity index is 1370. The first-order valence-electron chi connectivity index (χ1n) is 11.5. The Balaban J connectivity index is 1.79. The number of nitrogens with zero attached hydrogens (tertiary/aromatic N) is 2. The zero-order valence-corrected chi connectivity index (χ0v) is 19.5. The molecule has 172 valence electrons. The predicted octanol–water partition coefficient (Wildman–Crippen LogP) is 5.60. The summed E-state index contributed by atoms with van der Waals surface area (Å²) >= 11 is 0.